The van der Waals surface area contributed by atoms with E-state index < -0.39 is 11.6 Å². The molecule has 2 N–H and O–H groups in total. The Morgan fingerprint density at radius 1 is 1.31 bits per heavy atom. The van der Waals surface area contributed by atoms with Gasteiger partial charge in [0.1, 0.15) is 29.6 Å². The van der Waals surface area contributed by atoms with E-state index in [2.05, 4.69) is 20.2 Å². The first-order valence-corrected chi connectivity index (χ1v) is 9.00. The number of benzene rings is 1. The second-order valence-corrected chi connectivity index (χ2v) is 6.67. The van der Waals surface area contributed by atoms with Crippen LogP contribution in [-0.4, -0.2) is 34.8 Å². The molecule has 1 aromatic carbocycles. The van der Waals surface area contributed by atoms with Crippen LogP contribution < -0.4 is 10.2 Å². The lowest BCUT2D eigenvalue weighted by Crippen LogP contribution is -2.37. The summed E-state index contributed by atoms with van der Waals surface area (Å²) in [6.07, 6.45) is 4.06. The summed E-state index contributed by atoms with van der Waals surface area (Å²) < 4.78 is 27.6. The number of anilines is 2. The summed E-state index contributed by atoms with van der Waals surface area (Å²) in [7, 11) is 0. The fraction of sp³-hybridized carbons (Fsp3) is 0.474. The second-order valence-electron chi connectivity index (χ2n) is 6.67. The van der Waals surface area contributed by atoms with Gasteiger partial charge in [-0.05, 0) is 43.4 Å². The Kier molecular flexibility index (Phi) is 5.98. The minimum absolute atomic E-state index is 0.170. The van der Waals surface area contributed by atoms with Crippen molar-refractivity contribution >= 4 is 11.6 Å². The van der Waals surface area contributed by atoms with Crippen LogP contribution in [0.1, 0.15) is 37.8 Å². The maximum Gasteiger partial charge on any atom is 0.134 e. The normalized spacial score (nSPS) is 18.6. The molecule has 2 heterocycles. The summed E-state index contributed by atoms with van der Waals surface area (Å²) in [6, 6.07) is 4.90. The Balaban J connectivity index is 1.78. The van der Waals surface area contributed by atoms with Crippen LogP contribution in [0.5, 0.6) is 0 Å². The standard InChI is InChI=1S/C19H24F2N4O/c1-2-17(15-8-14(20)5-6-16(15)21)24-18-9-19(23-12-22-18)25-7-3-4-13(10-25)11-26/h5-6,8-9,12-13,17,26H,2-4,7,10-11H2,1H3,(H,22,23,24). The van der Waals surface area contributed by atoms with E-state index in [0.717, 1.165) is 43.9 Å². The number of aliphatic hydroxyl groups excluding tert-OH is 1. The van der Waals surface area contributed by atoms with Crippen molar-refractivity contribution in [3.63, 3.8) is 0 Å². The van der Waals surface area contributed by atoms with Gasteiger partial charge in [-0.1, -0.05) is 6.92 Å². The molecule has 140 valence electrons. The summed E-state index contributed by atoms with van der Waals surface area (Å²) in [5.74, 6) is 0.682. The third-order valence-corrected chi connectivity index (χ3v) is 4.82. The van der Waals surface area contributed by atoms with Gasteiger partial charge in [0, 0.05) is 31.3 Å². The first-order valence-electron chi connectivity index (χ1n) is 9.00. The zero-order valence-corrected chi connectivity index (χ0v) is 14.8. The molecule has 1 aliphatic heterocycles. The van der Waals surface area contributed by atoms with Gasteiger partial charge in [0.2, 0.25) is 0 Å². The van der Waals surface area contributed by atoms with E-state index in [1.807, 2.05) is 13.0 Å². The fourth-order valence-electron chi connectivity index (χ4n) is 3.38. The minimum atomic E-state index is -0.464. The zero-order chi connectivity index (χ0) is 18.5. The average Bonchev–Trinajstić information content (AvgIpc) is 2.68. The van der Waals surface area contributed by atoms with E-state index in [0.29, 0.717) is 12.2 Å². The maximum atomic E-state index is 14.1. The van der Waals surface area contributed by atoms with Gasteiger partial charge in [0.05, 0.1) is 6.04 Å². The molecule has 2 aromatic rings. The summed E-state index contributed by atoms with van der Waals surface area (Å²) in [5.41, 5.74) is 0.283. The van der Waals surface area contributed by atoms with Gasteiger partial charge in [0.15, 0.2) is 0 Å². The molecule has 1 aliphatic rings. The molecule has 1 aromatic heterocycles. The Labute approximate surface area is 152 Å². The van der Waals surface area contributed by atoms with Crippen LogP contribution in [0.15, 0.2) is 30.6 Å². The van der Waals surface area contributed by atoms with Crippen molar-refractivity contribution in [1.29, 1.82) is 0 Å². The molecular formula is C19H24F2N4O. The average molecular weight is 362 g/mol. The molecule has 1 saturated heterocycles. The lowest BCUT2D eigenvalue weighted by atomic mass is 9.99. The molecule has 0 spiro atoms. The first-order chi connectivity index (χ1) is 12.6. The highest BCUT2D eigenvalue weighted by atomic mass is 19.1. The van der Waals surface area contributed by atoms with E-state index in [4.69, 9.17) is 0 Å². The van der Waals surface area contributed by atoms with Crippen molar-refractivity contribution in [2.45, 2.75) is 32.2 Å². The Morgan fingerprint density at radius 3 is 2.92 bits per heavy atom. The van der Waals surface area contributed by atoms with Gasteiger partial charge >= 0.3 is 0 Å². The highest BCUT2D eigenvalue weighted by molar-refractivity contribution is 5.50. The summed E-state index contributed by atoms with van der Waals surface area (Å²) in [5, 5.41) is 12.6. The third-order valence-electron chi connectivity index (χ3n) is 4.82. The van der Waals surface area contributed by atoms with Crippen molar-refractivity contribution in [2.75, 3.05) is 29.9 Å². The molecule has 5 nitrogen and oxygen atoms in total. The molecule has 7 heteroatoms. The molecule has 3 rings (SSSR count). The fourth-order valence-corrected chi connectivity index (χ4v) is 3.38. The van der Waals surface area contributed by atoms with E-state index in [9.17, 15) is 13.9 Å². The van der Waals surface area contributed by atoms with Crippen molar-refractivity contribution in [2.24, 2.45) is 5.92 Å². The Morgan fingerprint density at radius 2 is 2.15 bits per heavy atom. The lowest BCUT2D eigenvalue weighted by molar-refractivity contribution is 0.208. The van der Waals surface area contributed by atoms with Gasteiger partial charge in [-0.3, -0.25) is 0 Å². The van der Waals surface area contributed by atoms with Crippen LogP contribution in [0.2, 0.25) is 0 Å². The molecule has 26 heavy (non-hydrogen) atoms. The quantitative estimate of drug-likeness (QED) is 0.823. The number of piperidine rings is 1. The van der Waals surface area contributed by atoms with E-state index >= 15 is 0 Å². The van der Waals surface area contributed by atoms with Gasteiger partial charge in [-0.25, -0.2) is 18.7 Å². The van der Waals surface area contributed by atoms with Gasteiger partial charge in [-0.2, -0.15) is 0 Å². The van der Waals surface area contributed by atoms with Crippen molar-refractivity contribution < 1.29 is 13.9 Å². The summed E-state index contributed by atoms with van der Waals surface area (Å²) >= 11 is 0. The van der Waals surface area contributed by atoms with Crippen LogP contribution >= 0.6 is 0 Å². The molecule has 0 aliphatic carbocycles. The summed E-state index contributed by atoms with van der Waals surface area (Å²) in [4.78, 5) is 10.7. The number of nitrogens with zero attached hydrogens (tertiary/aromatic N) is 3. The highest BCUT2D eigenvalue weighted by Gasteiger charge is 2.21. The predicted octanol–water partition coefficient (Wildman–Crippen LogP) is 3.53. The van der Waals surface area contributed by atoms with Crippen LogP contribution in [0.4, 0.5) is 20.4 Å². The zero-order valence-electron chi connectivity index (χ0n) is 14.8. The van der Waals surface area contributed by atoms with Gasteiger partial charge in [0.25, 0.3) is 0 Å². The van der Waals surface area contributed by atoms with Crippen molar-refractivity contribution in [3.8, 4) is 0 Å². The first kappa shape index (κ1) is 18.5. The van der Waals surface area contributed by atoms with Crippen molar-refractivity contribution in [3.05, 3.63) is 47.8 Å². The van der Waals surface area contributed by atoms with Gasteiger partial charge < -0.3 is 15.3 Å². The largest absolute Gasteiger partial charge is 0.396 e. The lowest BCUT2D eigenvalue weighted by Gasteiger charge is -2.32. The number of aromatic nitrogens is 2. The summed E-state index contributed by atoms with van der Waals surface area (Å²) in [6.45, 7) is 3.70. The van der Waals surface area contributed by atoms with E-state index in [-0.39, 0.29) is 24.1 Å². The van der Waals surface area contributed by atoms with E-state index in [1.54, 1.807) is 0 Å². The smallest absolute Gasteiger partial charge is 0.134 e. The molecule has 0 saturated carbocycles. The minimum Gasteiger partial charge on any atom is -0.396 e. The topological polar surface area (TPSA) is 61.3 Å². The predicted molar refractivity (Wildman–Crippen MR) is 97.1 cm³/mol. The molecule has 2 atom stereocenters. The van der Waals surface area contributed by atoms with Gasteiger partial charge in [-0.15, -0.1) is 0 Å². The Bertz CT molecular complexity index is 743. The Hall–Kier alpha value is -2.28. The van der Waals surface area contributed by atoms with Crippen LogP contribution in [0, 0.1) is 17.6 Å². The third kappa shape index (κ3) is 4.27. The van der Waals surface area contributed by atoms with Crippen LogP contribution in [0.25, 0.3) is 0 Å². The maximum absolute atomic E-state index is 14.1. The molecule has 0 amide bonds. The number of hydrogen-bond donors (Lipinski definition) is 2. The molecule has 0 radical (unpaired) electrons. The second kappa shape index (κ2) is 8.40. The van der Waals surface area contributed by atoms with Crippen molar-refractivity contribution in [1.82, 2.24) is 9.97 Å². The molecular weight excluding hydrogens is 338 g/mol. The molecule has 2 unspecified atom stereocenters. The molecule has 1 fully saturated rings. The number of hydrogen-bond acceptors (Lipinski definition) is 5. The number of rotatable bonds is 6. The number of halogens is 2. The van der Waals surface area contributed by atoms with Crippen LogP contribution in [0.3, 0.4) is 0 Å². The van der Waals surface area contributed by atoms with E-state index in [1.165, 1.54) is 12.4 Å². The molecule has 0 bridgehead atoms. The monoisotopic (exact) mass is 362 g/mol. The highest BCUT2D eigenvalue weighted by Crippen LogP contribution is 2.27. The number of aliphatic hydroxyl groups is 1. The number of nitrogens with one attached hydrogen (secondary N) is 1. The SMILES string of the molecule is CCC(Nc1cc(N2CCCC(CO)C2)ncn1)c1cc(F)ccc1F. The van der Waals surface area contributed by atoms with Crippen LogP contribution in [-0.2, 0) is 0 Å².